The molecule has 1 N–H and O–H groups in total. The highest BCUT2D eigenvalue weighted by atomic mass is 16.5. The maximum absolute atomic E-state index is 13.4. The normalized spacial score (nSPS) is 11.5. The van der Waals surface area contributed by atoms with Crippen LogP contribution in [-0.2, 0) is 22.6 Å². The van der Waals surface area contributed by atoms with Crippen molar-refractivity contribution in [2.75, 3.05) is 13.7 Å². The van der Waals surface area contributed by atoms with Gasteiger partial charge < -0.3 is 15.0 Å². The lowest BCUT2D eigenvalue weighted by Crippen LogP contribution is -2.51. The van der Waals surface area contributed by atoms with Crippen molar-refractivity contribution in [1.82, 2.24) is 10.2 Å². The Hall–Kier alpha value is -3.60. The van der Waals surface area contributed by atoms with Crippen molar-refractivity contribution in [2.45, 2.75) is 32.9 Å². The molecule has 3 aromatic carbocycles. The van der Waals surface area contributed by atoms with E-state index in [1.807, 2.05) is 86.6 Å². The molecule has 3 aromatic rings. The molecule has 1 atom stereocenters. The number of hydrogen-bond acceptors (Lipinski definition) is 3. The highest BCUT2D eigenvalue weighted by molar-refractivity contribution is 5.88. The number of likely N-dealkylation sites (N-methyl/N-ethyl adjacent to an activating group) is 1. The molecule has 0 aliphatic rings. The van der Waals surface area contributed by atoms with E-state index < -0.39 is 6.04 Å². The Morgan fingerprint density at radius 1 is 0.875 bits per heavy atom. The van der Waals surface area contributed by atoms with Gasteiger partial charge in [0, 0.05) is 20.0 Å². The van der Waals surface area contributed by atoms with E-state index in [0.717, 1.165) is 22.3 Å². The van der Waals surface area contributed by atoms with E-state index in [0.29, 0.717) is 18.7 Å². The fraction of sp³-hybridized carbons (Fsp3) is 0.259. The van der Waals surface area contributed by atoms with Gasteiger partial charge in [0.1, 0.15) is 11.8 Å². The van der Waals surface area contributed by atoms with Crippen LogP contribution in [0.5, 0.6) is 5.75 Å². The van der Waals surface area contributed by atoms with Crippen LogP contribution in [0.4, 0.5) is 0 Å². The Kier molecular flexibility index (Phi) is 8.03. The number of aryl methyl sites for hydroxylation is 2. The highest BCUT2D eigenvalue weighted by Gasteiger charge is 2.30. The number of nitrogens with zero attached hydrogens (tertiary/aromatic N) is 1. The molecule has 0 bridgehead atoms. The van der Waals surface area contributed by atoms with Gasteiger partial charge in [0.2, 0.25) is 5.91 Å². The van der Waals surface area contributed by atoms with E-state index in [9.17, 15) is 9.59 Å². The summed E-state index contributed by atoms with van der Waals surface area (Å²) in [4.78, 5) is 27.8. The minimum atomic E-state index is -0.655. The molecule has 2 amide bonds. The highest BCUT2D eigenvalue weighted by Crippen LogP contribution is 2.18. The molecule has 0 fully saturated rings. The molecule has 3 rings (SSSR count). The van der Waals surface area contributed by atoms with Gasteiger partial charge in [-0.3, -0.25) is 9.59 Å². The molecule has 0 saturated heterocycles. The molecule has 0 spiro atoms. The number of ether oxygens (including phenoxy) is 1. The summed E-state index contributed by atoms with van der Waals surface area (Å²) in [6, 6.07) is 24.6. The Bertz CT molecular complexity index is 1020. The van der Waals surface area contributed by atoms with Crippen molar-refractivity contribution < 1.29 is 14.3 Å². The van der Waals surface area contributed by atoms with Crippen LogP contribution >= 0.6 is 0 Å². The molecular formula is C27H30N2O3. The number of rotatable bonds is 9. The molecule has 5 heteroatoms. The molecule has 32 heavy (non-hydrogen) atoms. The Morgan fingerprint density at radius 2 is 1.44 bits per heavy atom. The molecule has 0 saturated carbocycles. The number of benzene rings is 3. The zero-order valence-corrected chi connectivity index (χ0v) is 18.9. The minimum absolute atomic E-state index is 0.141. The summed E-state index contributed by atoms with van der Waals surface area (Å²) in [5, 5.41) is 2.72. The van der Waals surface area contributed by atoms with Crippen molar-refractivity contribution in [1.29, 1.82) is 0 Å². The first-order chi connectivity index (χ1) is 15.5. The molecule has 0 radical (unpaired) electrons. The molecule has 0 heterocycles. The summed E-state index contributed by atoms with van der Waals surface area (Å²) in [7, 11) is 1.59. The first kappa shape index (κ1) is 23.1. The summed E-state index contributed by atoms with van der Waals surface area (Å²) in [5.41, 5.74) is 4.08. The Labute approximate surface area is 190 Å². The third kappa shape index (κ3) is 6.45. The lowest BCUT2D eigenvalue weighted by Gasteiger charge is -2.31. The molecule has 5 nitrogen and oxygen atoms in total. The van der Waals surface area contributed by atoms with Crippen molar-refractivity contribution in [3.05, 3.63) is 101 Å². The van der Waals surface area contributed by atoms with E-state index in [1.165, 1.54) is 0 Å². The summed E-state index contributed by atoms with van der Waals surface area (Å²) >= 11 is 0. The Morgan fingerprint density at radius 3 is 2.00 bits per heavy atom. The van der Waals surface area contributed by atoms with Crippen molar-refractivity contribution in [2.24, 2.45) is 0 Å². The maximum atomic E-state index is 13.4. The van der Waals surface area contributed by atoms with Crippen molar-refractivity contribution in [3.63, 3.8) is 0 Å². The monoisotopic (exact) mass is 430 g/mol. The predicted octanol–water partition coefficient (Wildman–Crippen LogP) is 4.07. The average molecular weight is 431 g/mol. The second kappa shape index (κ2) is 11.1. The first-order valence-electron chi connectivity index (χ1n) is 10.8. The number of amides is 2. The van der Waals surface area contributed by atoms with Crippen LogP contribution < -0.4 is 10.1 Å². The average Bonchev–Trinajstić information content (AvgIpc) is 2.80. The fourth-order valence-corrected chi connectivity index (χ4v) is 3.74. The van der Waals surface area contributed by atoms with Crippen LogP contribution in [0.1, 0.15) is 22.3 Å². The lowest BCUT2D eigenvalue weighted by molar-refractivity contribution is -0.142. The van der Waals surface area contributed by atoms with Crippen LogP contribution in [-0.4, -0.2) is 36.4 Å². The zero-order valence-electron chi connectivity index (χ0n) is 18.9. The standard InChI is InChI=1S/C27H30N2O3/c1-20-14-21(2)16-24(15-20)32-19-26(30)29(18-23-12-8-5-9-13-23)25(27(31)28-3)17-22-10-6-4-7-11-22/h4-16,25H,17-19H2,1-3H3,(H,28,31)/t25-/m1/s1. The van der Waals surface area contributed by atoms with Gasteiger partial charge in [0.05, 0.1) is 0 Å². The topological polar surface area (TPSA) is 58.6 Å². The number of hydrogen-bond donors (Lipinski definition) is 1. The van der Waals surface area contributed by atoms with Gasteiger partial charge in [-0.25, -0.2) is 0 Å². The van der Waals surface area contributed by atoms with Crippen LogP contribution in [0.2, 0.25) is 0 Å². The molecule has 0 aliphatic carbocycles. The first-order valence-corrected chi connectivity index (χ1v) is 10.8. The number of nitrogens with one attached hydrogen (secondary N) is 1. The Balaban J connectivity index is 1.85. The summed E-state index contributed by atoms with van der Waals surface area (Å²) < 4.78 is 5.84. The van der Waals surface area contributed by atoms with Gasteiger partial charge in [-0.1, -0.05) is 66.7 Å². The van der Waals surface area contributed by atoms with Gasteiger partial charge in [0.15, 0.2) is 6.61 Å². The lowest BCUT2D eigenvalue weighted by atomic mass is 10.0. The molecule has 0 aliphatic heterocycles. The number of carbonyl (C=O) groups excluding carboxylic acids is 2. The third-order valence-electron chi connectivity index (χ3n) is 5.27. The van der Waals surface area contributed by atoms with Gasteiger partial charge in [0.25, 0.3) is 5.91 Å². The van der Waals surface area contributed by atoms with Gasteiger partial charge >= 0.3 is 0 Å². The van der Waals surface area contributed by atoms with Gasteiger partial charge in [-0.05, 0) is 48.2 Å². The summed E-state index contributed by atoms with van der Waals surface area (Å²) in [5.74, 6) is 0.206. The van der Waals surface area contributed by atoms with Crippen LogP contribution in [0.25, 0.3) is 0 Å². The predicted molar refractivity (Wildman–Crippen MR) is 126 cm³/mol. The SMILES string of the molecule is CNC(=O)[C@@H](Cc1ccccc1)N(Cc1ccccc1)C(=O)COc1cc(C)cc(C)c1. The second-order valence-electron chi connectivity index (χ2n) is 7.94. The van der Waals surface area contributed by atoms with Crippen molar-refractivity contribution in [3.8, 4) is 5.75 Å². The minimum Gasteiger partial charge on any atom is -0.484 e. The summed E-state index contributed by atoms with van der Waals surface area (Å²) in [6.45, 7) is 4.16. The van der Waals surface area contributed by atoms with Crippen LogP contribution in [0.3, 0.4) is 0 Å². The third-order valence-corrected chi connectivity index (χ3v) is 5.27. The molecule has 166 valence electrons. The smallest absolute Gasteiger partial charge is 0.261 e. The largest absolute Gasteiger partial charge is 0.484 e. The maximum Gasteiger partial charge on any atom is 0.261 e. The van der Waals surface area contributed by atoms with Gasteiger partial charge in [-0.2, -0.15) is 0 Å². The van der Waals surface area contributed by atoms with E-state index in [-0.39, 0.29) is 18.4 Å². The van der Waals surface area contributed by atoms with Gasteiger partial charge in [-0.15, -0.1) is 0 Å². The fourth-order valence-electron chi connectivity index (χ4n) is 3.74. The molecule has 0 unspecified atom stereocenters. The van der Waals surface area contributed by atoms with E-state index >= 15 is 0 Å². The zero-order chi connectivity index (χ0) is 22.9. The van der Waals surface area contributed by atoms with E-state index in [1.54, 1.807) is 11.9 Å². The van der Waals surface area contributed by atoms with E-state index in [2.05, 4.69) is 11.4 Å². The number of carbonyl (C=O) groups is 2. The summed E-state index contributed by atoms with van der Waals surface area (Å²) in [6.07, 6.45) is 0.419. The molecule has 0 aromatic heterocycles. The van der Waals surface area contributed by atoms with Crippen LogP contribution in [0, 0.1) is 13.8 Å². The molecular weight excluding hydrogens is 400 g/mol. The quantitative estimate of drug-likeness (QED) is 0.557. The second-order valence-corrected chi connectivity index (χ2v) is 7.94. The van der Waals surface area contributed by atoms with E-state index in [4.69, 9.17) is 4.74 Å². The van der Waals surface area contributed by atoms with Crippen molar-refractivity contribution >= 4 is 11.8 Å². The van der Waals surface area contributed by atoms with Crippen LogP contribution in [0.15, 0.2) is 78.9 Å².